The van der Waals surface area contributed by atoms with Crippen molar-refractivity contribution in [3.8, 4) is 11.3 Å². The van der Waals surface area contributed by atoms with E-state index in [1.807, 2.05) is 0 Å². The summed E-state index contributed by atoms with van der Waals surface area (Å²) in [6, 6.07) is 5.52. The fourth-order valence-electron chi connectivity index (χ4n) is 2.53. The van der Waals surface area contributed by atoms with E-state index in [1.54, 1.807) is 13.8 Å². The minimum absolute atomic E-state index is 0.0456. The predicted molar refractivity (Wildman–Crippen MR) is 82.6 cm³/mol. The van der Waals surface area contributed by atoms with Crippen LogP contribution in [-0.2, 0) is 0 Å². The molecule has 0 aliphatic heterocycles. The first-order valence-corrected chi connectivity index (χ1v) is 7.08. The van der Waals surface area contributed by atoms with Crippen molar-refractivity contribution >= 4 is 11.8 Å². The molecule has 2 N–H and O–H groups in total. The van der Waals surface area contributed by atoms with Crippen LogP contribution >= 0.6 is 0 Å². The van der Waals surface area contributed by atoms with Gasteiger partial charge in [0, 0.05) is 17.3 Å². The van der Waals surface area contributed by atoms with E-state index in [0.29, 0.717) is 16.9 Å². The fourth-order valence-corrected chi connectivity index (χ4v) is 2.53. The van der Waals surface area contributed by atoms with E-state index in [4.69, 9.17) is 9.63 Å². The van der Waals surface area contributed by atoms with E-state index in [-0.39, 0.29) is 22.5 Å². The molecular weight excluding hydrogens is 315 g/mol. The molecule has 0 radical (unpaired) electrons. The van der Waals surface area contributed by atoms with Crippen molar-refractivity contribution in [1.29, 1.82) is 0 Å². The molecule has 0 spiro atoms. The van der Waals surface area contributed by atoms with Gasteiger partial charge in [-0.3, -0.25) is 4.79 Å². The molecule has 0 saturated heterocycles. The number of carbonyl (C=O) groups excluding carboxylic acids is 1. The highest BCUT2D eigenvalue weighted by molar-refractivity contribution is 6.14. The Morgan fingerprint density at radius 3 is 2.46 bits per heavy atom. The van der Waals surface area contributed by atoms with E-state index in [1.165, 1.54) is 30.5 Å². The van der Waals surface area contributed by atoms with Gasteiger partial charge >= 0.3 is 5.97 Å². The van der Waals surface area contributed by atoms with Crippen molar-refractivity contribution in [3.63, 3.8) is 0 Å². The van der Waals surface area contributed by atoms with Gasteiger partial charge in [0.05, 0.1) is 5.56 Å². The molecule has 0 saturated carbocycles. The summed E-state index contributed by atoms with van der Waals surface area (Å²) in [5.74, 6) is -1.65. The Bertz CT molecular complexity index is 938. The maximum atomic E-state index is 13.1. The number of carboxylic acids is 1. The van der Waals surface area contributed by atoms with Gasteiger partial charge < -0.3 is 14.6 Å². The average molecular weight is 328 g/mol. The Morgan fingerprint density at radius 2 is 1.88 bits per heavy atom. The van der Waals surface area contributed by atoms with Gasteiger partial charge in [-0.1, -0.05) is 5.16 Å². The third-order valence-electron chi connectivity index (χ3n) is 3.81. The number of H-pyrrole nitrogens is 1. The first kappa shape index (κ1) is 15.7. The van der Waals surface area contributed by atoms with Gasteiger partial charge in [-0.15, -0.1) is 0 Å². The molecule has 122 valence electrons. The Kier molecular flexibility index (Phi) is 3.76. The number of hydrogen-bond donors (Lipinski definition) is 2. The monoisotopic (exact) mass is 328 g/mol. The Labute approximate surface area is 135 Å². The SMILES string of the molecule is Cc1onc(-c2ccc(F)cc2)c1C(=O)c1c[nH]c(C(=O)O)c1C. The van der Waals surface area contributed by atoms with E-state index in [2.05, 4.69) is 10.1 Å². The van der Waals surface area contributed by atoms with Crippen LogP contribution in [0, 0.1) is 19.7 Å². The third-order valence-corrected chi connectivity index (χ3v) is 3.81. The molecule has 0 unspecified atom stereocenters. The normalized spacial score (nSPS) is 10.8. The lowest BCUT2D eigenvalue weighted by molar-refractivity contribution is 0.0690. The van der Waals surface area contributed by atoms with E-state index in [9.17, 15) is 14.0 Å². The second kappa shape index (κ2) is 5.77. The molecule has 3 rings (SSSR count). The van der Waals surface area contributed by atoms with Crippen molar-refractivity contribution < 1.29 is 23.6 Å². The van der Waals surface area contributed by atoms with Crippen LogP contribution in [0.1, 0.15) is 37.7 Å². The largest absolute Gasteiger partial charge is 0.477 e. The van der Waals surface area contributed by atoms with Gasteiger partial charge in [0.15, 0.2) is 0 Å². The number of halogens is 1. The van der Waals surface area contributed by atoms with Crippen LogP contribution in [0.5, 0.6) is 0 Å². The van der Waals surface area contributed by atoms with Crippen LogP contribution < -0.4 is 0 Å². The Morgan fingerprint density at radius 1 is 1.21 bits per heavy atom. The first-order valence-electron chi connectivity index (χ1n) is 7.08. The topological polar surface area (TPSA) is 96.2 Å². The smallest absolute Gasteiger partial charge is 0.352 e. The summed E-state index contributed by atoms with van der Waals surface area (Å²) in [4.78, 5) is 26.6. The maximum Gasteiger partial charge on any atom is 0.352 e. The highest BCUT2D eigenvalue weighted by Gasteiger charge is 2.26. The number of ketones is 1. The standard InChI is InChI=1S/C17H13FN2O4/c1-8-12(7-19-14(8)17(22)23)16(21)13-9(2)24-20-15(13)10-3-5-11(18)6-4-10/h3-7,19H,1-2H3,(H,22,23). The zero-order valence-corrected chi connectivity index (χ0v) is 12.9. The van der Waals surface area contributed by atoms with Gasteiger partial charge in [-0.2, -0.15) is 0 Å². The summed E-state index contributed by atoms with van der Waals surface area (Å²) < 4.78 is 18.2. The van der Waals surface area contributed by atoms with Crippen molar-refractivity contribution in [2.75, 3.05) is 0 Å². The van der Waals surface area contributed by atoms with Crippen molar-refractivity contribution in [3.05, 3.63) is 64.4 Å². The number of rotatable bonds is 4. The molecule has 0 aliphatic carbocycles. The summed E-state index contributed by atoms with van der Waals surface area (Å²) in [5, 5.41) is 13.0. The number of hydrogen-bond acceptors (Lipinski definition) is 4. The van der Waals surface area contributed by atoms with E-state index < -0.39 is 17.6 Å². The number of aromatic carboxylic acids is 1. The van der Waals surface area contributed by atoms with E-state index >= 15 is 0 Å². The Balaban J connectivity index is 2.10. The summed E-state index contributed by atoms with van der Waals surface area (Å²) in [6.45, 7) is 3.14. The molecule has 6 nitrogen and oxygen atoms in total. The number of carboxylic acid groups (broad SMARTS) is 1. The number of nitrogens with zero attached hydrogens (tertiary/aromatic N) is 1. The molecule has 1 aromatic carbocycles. The molecule has 3 aromatic rings. The number of aryl methyl sites for hydroxylation is 1. The molecule has 0 amide bonds. The number of aromatic nitrogens is 2. The zero-order valence-electron chi connectivity index (χ0n) is 12.9. The third kappa shape index (κ3) is 2.50. The molecule has 2 aromatic heterocycles. The maximum absolute atomic E-state index is 13.1. The molecule has 0 atom stereocenters. The molecule has 0 bridgehead atoms. The molecule has 0 aliphatic rings. The van der Waals surface area contributed by atoms with Crippen LogP contribution in [0.3, 0.4) is 0 Å². The van der Waals surface area contributed by atoms with Gasteiger partial charge in [0.2, 0.25) is 5.78 Å². The minimum atomic E-state index is -1.15. The average Bonchev–Trinajstić information content (AvgIpc) is 3.11. The van der Waals surface area contributed by atoms with Crippen molar-refractivity contribution in [2.45, 2.75) is 13.8 Å². The Hall–Kier alpha value is -3.22. The summed E-state index contributed by atoms with van der Waals surface area (Å²) in [6.07, 6.45) is 1.35. The lowest BCUT2D eigenvalue weighted by Gasteiger charge is -2.02. The van der Waals surface area contributed by atoms with Gasteiger partial charge in [0.25, 0.3) is 0 Å². The van der Waals surface area contributed by atoms with Crippen LogP contribution in [0.25, 0.3) is 11.3 Å². The van der Waals surface area contributed by atoms with E-state index in [0.717, 1.165) is 0 Å². The van der Waals surface area contributed by atoms with Gasteiger partial charge in [-0.05, 0) is 43.7 Å². The van der Waals surface area contributed by atoms with Crippen LogP contribution in [-0.4, -0.2) is 27.0 Å². The van der Waals surface area contributed by atoms with Crippen molar-refractivity contribution in [2.24, 2.45) is 0 Å². The quantitative estimate of drug-likeness (QED) is 0.716. The van der Waals surface area contributed by atoms with Crippen LogP contribution in [0.2, 0.25) is 0 Å². The molecule has 2 heterocycles. The first-order chi connectivity index (χ1) is 11.4. The summed E-state index contributed by atoms with van der Waals surface area (Å²) >= 11 is 0. The highest BCUT2D eigenvalue weighted by Crippen LogP contribution is 2.29. The summed E-state index contributed by atoms with van der Waals surface area (Å²) in [7, 11) is 0. The van der Waals surface area contributed by atoms with Crippen LogP contribution in [0.15, 0.2) is 35.0 Å². The molecule has 7 heteroatoms. The van der Waals surface area contributed by atoms with Gasteiger partial charge in [0.1, 0.15) is 23.0 Å². The second-order valence-corrected chi connectivity index (χ2v) is 5.31. The molecule has 24 heavy (non-hydrogen) atoms. The predicted octanol–water partition coefficient (Wildman–Crippen LogP) is 3.35. The molecular formula is C17H13FN2O4. The number of aromatic amines is 1. The number of carbonyl (C=O) groups is 2. The fraction of sp³-hybridized carbons (Fsp3) is 0.118. The lowest BCUT2D eigenvalue weighted by Crippen LogP contribution is -2.06. The van der Waals surface area contributed by atoms with Crippen LogP contribution in [0.4, 0.5) is 4.39 Å². The van der Waals surface area contributed by atoms with Gasteiger partial charge in [-0.25, -0.2) is 9.18 Å². The lowest BCUT2D eigenvalue weighted by atomic mass is 9.97. The number of nitrogens with one attached hydrogen (secondary N) is 1. The zero-order chi connectivity index (χ0) is 17.4. The molecule has 0 fully saturated rings. The number of benzene rings is 1. The minimum Gasteiger partial charge on any atom is -0.477 e. The highest BCUT2D eigenvalue weighted by atomic mass is 19.1. The second-order valence-electron chi connectivity index (χ2n) is 5.31. The summed E-state index contributed by atoms with van der Waals surface area (Å²) in [5.41, 5.74) is 1.55. The van der Waals surface area contributed by atoms with Crippen molar-refractivity contribution in [1.82, 2.24) is 10.1 Å².